The first-order valence-electron chi connectivity index (χ1n) is 13.0. The van der Waals surface area contributed by atoms with Crippen molar-refractivity contribution in [3.05, 3.63) is 11.8 Å². The highest BCUT2D eigenvalue weighted by Gasteiger charge is 2.65. The van der Waals surface area contributed by atoms with Gasteiger partial charge in [-0.2, -0.15) is 0 Å². The maximum absolute atomic E-state index is 11.6. The van der Waals surface area contributed by atoms with Crippen LogP contribution in [-0.4, -0.2) is 38.7 Å². The van der Waals surface area contributed by atoms with E-state index < -0.39 is 0 Å². The minimum atomic E-state index is -0.303. The van der Waals surface area contributed by atoms with Crippen LogP contribution in [0.25, 0.3) is 0 Å². The SMILES string of the molecule is C/C(=C\O)CCC[C@@H](C)[C@H]1CC[C@H]2[C@@H]3[C@H](O)C[C@@H]4C[C@H](O)CC[C@]4(C)[C@H]3C[C@H](O)[C@]12C. The van der Waals surface area contributed by atoms with E-state index in [1.54, 1.807) is 0 Å². The smallest absolute Gasteiger partial charge is 0.0780 e. The van der Waals surface area contributed by atoms with Crippen molar-refractivity contribution >= 4 is 0 Å². The summed E-state index contributed by atoms with van der Waals surface area (Å²) >= 11 is 0. The van der Waals surface area contributed by atoms with Crippen LogP contribution < -0.4 is 0 Å². The lowest BCUT2D eigenvalue weighted by Gasteiger charge is -2.63. The van der Waals surface area contributed by atoms with Crippen LogP contribution in [0.15, 0.2) is 11.8 Å². The quantitative estimate of drug-likeness (QED) is 0.448. The Morgan fingerprint density at radius 1 is 1.03 bits per heavy atom. The van der Waals surface area contributed by atoms with Gasteiger partial charge in [0.05, 0.1) is 24.6 Å². The van der Waals surface area contributed by atoms with Gasteiger partial charge in [0.2, 0.25) is 0 Å². The molecule has 31 heavy (non-hydrogen) atoms. The molecule has 178 valence electrons. The van der Waals surface area contributed by atoms with E-state index in [9.17, 15) is 15.3 Å². The number of aliphatic hydroxyl groups excluding tert-OH is 4. The van der Waals surface area contributed by atoms with Gasteiger partial charge in [0.25, 0.3) is 0 Å². The predicted molar refractivity (Wildman–Crippen MR) is 123 cm³/mol. The Morgan fingerprint density at radius 3 is 2.48 bits per heavy atom. The summed E-state index contributed by atoms with van der Waals surface area (Å²) in [5, 5.41) is 42.4. The molecule has 4 nitrogen and oxygen atoms in total. The van der Waals surface area contributed by atoms with Crippen LogP contribution in [-0.2, 0) is 0 Å². The van der Waals surface area contributed by atoms with E-state index in [1.807, 2.05) is 6.92 Å². The van der Waals surface area contributed by atoms with Crippen molar-refractivity contribution in [2.45, 2.75) is 110 Å². The lowest BCUT2D eigenvalue weighted by Crippen LogP contribution is -2.62. The van der Waals surface area contributed by atoms with Gasteiger partial charge >= 0.3 is 0 Å². The van der Waals surface area contributed by atoms with Crippen molar-refractivity contribution < 1.29 is 20.4 Å². The molecule has 4 heteroatoms. The molecule has 0 bridgehead atoms. The van der Waals surface area contributed by atoms with Gasteiger partial charge in [-0.25, -0.2) is 0 Å². The van der Waals surface area contributed by atoms with Crippen molar-refractivity contribution in [3.8, 4) is 0 Å². The zero-order valence-corrected chi connectivity index (χ0v) is 20.1. The molecule has 0 heterocycles. The number of fused-ring (bicyclic) bond motifs is 5. The topological polar surface area (TPSA) is 80.9 Å². The van der Waals surface area contributed by atoms with Crippen LogP contribution in [0.1, 0.15) is 91.9 Å². The predicted octanol–water partition coefficient (Wildman–Crippen LogP) is 5.22. The third kappa shape index (κ3) is 3.79. The van der Waals surface area contributed by atoms with E-state index in [-0.39, 0.29) is 29.1 Å². The monoisotopic (exact) mass is 434 g/mol. The molecule has 0 saturated heterocycles. The van der Waals surface area contributed by atoms with Crippen molar-refractivity contribution in [3.63, 3.8) is 0 Å². The van der Waals surface area contributed by atoms with E-state index in [4.69, 9.17) is 5.11 Å². The molecule has 0 aromatic rings. The van der Waals surface area contributed by atoms with Crippen molar-refractivity contribution in [1.82, 2.24) is 0 Å². The summed E-state index contributed by atoms with van der Waals surface area (Å²) in [6.07, 6.45) is 10.2. The normalized spacial score (nSPS) is 51.0. The second-order valence-corrected chi connectivity index (χ2v) is 12.4. The summed E-state index contributed by atoms with van der Waals surface area (Å²) < 4.78 is 0. The van der Waals surface area contributed by atoms with Crippen molar-refractivity contribution in [1.29, 1.82) is 0 Å². The summed E-state index contributed by atoms with van der Waals surface area (Å²) in [7, 11) is 0. The minimum Gasteiger partial charge on any atom is -0.516 e. The van der Waals surface area contributed by atoms with Crippen molar-refractivity contribution in [2.75, 3.05) is 0 Å². The molecule has 0 amide bonds. The van der Waals surface area contributed by atoms with Gasteiger partial charge in [0, 0.05) is 0 Å². The van der Waals surface area contributed by atoms with Crippen molar-refractivity contribution in [2.24, 2.45) is 46.3 Å². The Bertz CT molecular complexity index is 676. The Morgan fingerprint density at radius 2 is 1.77 bits per heavy atom. The lowest BCUT2D eigenvalue weighted by molar-refractivity contribution is -0.207. The third-order valence-corrected chi connectivity index (χ3v) is 11.0. The van der Waals surface area contributed by atoms with Gasteiger partial charge in [-0.3, -0.25) is 0 Å². The van der Waals surface area contributed by atoms with E-state index in [0.717, 1.165) is 69.8 Å². The van der Waals surface area contributed by atoms with Gasteiger partial charge in [-0.15, -0.1) is 0 Å². The number of rotatable bonds is 5. The minimum absolute atomic E-state index is 0.110. The van der Waals surface area contributed by atoms with Crippen LogP contribution in [0, 0.1) is 46.3 Å². The number of hydrogen-bond acceptors (Lipinski definition) is 4. The molecule has 0 aromatic carbocycles. The van der Waals surface area contributed by atoms with Gasteiger partial charge in [0.15, 0.2) is 0 Å². The zero-order valence-electron chi connectivity index (χ0n) is 20.1. The maximum atomic E-state index is 11.6. The molecular formula is C27H46O4. The molecule has 4 fully saturated rings. The van der Waals surface area contributed by atoms with E-state index in [1.165, 1.54) is 6.26 Å². The molecule has 4 saturated carbocycles. The van der Waals surface area contributed by atoms with E-state index in [2.05, 4.69) is 20.8 Å². The van der Waals surface area contributed by atoms with Gasteiger partial charge in [-0.05, 0) is 117 Å². The molecular weight excluding hydrogens is 388 g/mol. The van der Waals surface area contributed by atoms with Crippen LogP contribution in [0.5, 0.6) is 0 Å². The van der Waals surface area contributed by atoms with E-state index >= 15 is 0 Å². The van der Waals surface area contributed by atoms with Gasteiger partial charge in [-0.1, -0.05) is 27.2 Å². The summed E-state index contributed by atoms with van der Waals surface area (Å²) in [6.45, 7) is 9.06. The average molecular weight is 435 g/mol. The largest absolute Gasteiger partial charge is 0.516 e. The molecule has 4 rings (SSSR count). The number of hydrogen-bond donors (Lipinski definition) is 4. The lowest BCUT2D eigenvalue weighted by atomic mass is 9.43. The molecule has 0 spiro atoms. The molecule has 11 atom stereocenters. The van der Waals surface area contributed by atoms with Gasteiger partial charge in [0.1, 0.15) is 0 Å². The number of allylic oxidation sites excluding steroid dienone is 1. The zero-order chi connectivity index (χ0) is 22.6. The summed E-state index contributed by atoms with van der Waals surface area (Å²) in [5.74, 6) is 2.48. The first-order valence-corrected chi connectivity index (χ1v) is 13.0. The highest BCUT2D eigenvalue weighted by molar-refractivity contribution is 5.14. The van der Waals surface area contributed by atoms with Crippen LogP contribution in [0.4, 0.5) is 0 Å². The fourth-order valence-corrected chi connectivity index (χ4v) is 9.10. The van der Waals surface area contributed by atoms with Crippen LogP contribution in [0.2, 0.25) is 0 Å². The standard InChI is InChI=1S/C27H46O4/c1-16(15-28)6-5-7-17(2)20-8-9-21-25-22(14-24(31)27(20,21)4)26(3)11-10-19(29)12-18(26)13-23(25)30/h15,17-25,28-31H,5-14H2,1-4H3/b16-15+/t17-,18+,19-,20-,21+,22+,23-,24+,25+,26+,27-/m1/s1. The molecule has 0 aliphatic heterocycles. The summed E-state index contributed by atoms with van der Waals surface area (Å²) in [6, 6.07) is 0. The molecule has 4 N–H and O–H groups in total. The third-order valence-electron chi connectivity index (χ3n) is 11.0. The molecule has 0 radical (unpaired) electrons. The fraction of sp³-hybridized carbons (Fsp3) is 0.926. The van der Waals surface area contributed by atoms with Crippen LogP contribution in [0.3, 0.4) is 0 Å². The second kappa shape index (κ2) is 8.65. The summed E-state index contributed by atoms with van der Waals surface area (Å²) in [4.78, 5) is 0. The molecule has 0 aromatic heterocycles. The Hall–Kier alpha value is -0.580. The first-order chi connectivity index (χ1) is 14.6. The Kier molecular flexibility index (Phi) is 6.58. The Labute approximate surface area is 189 Å². The molecule has 0 unspecified atom stereocenters. The molecule has 4 aliphatic rings. The first kappa shape index (κ1) is 23.6. The number of aliphatic hydroxyl groups is 4. The average Bonchev–Trinajstić information content (AvgIpc) is 3.08. The fourth-order valence-electron chi connectivity index (χ4n) is 9.10. The maximum Gasteiger partial charge on any atom is 0.0780 e. The second-order valence-electron chi connectivity index (χ2n) is 12.4. The van der Waals surface area contributed by atoms with Gasteiger partial charge < -0.3 is 20.4 Å². The van der Waals surface area contributed by atoms with Crippen LogP contribution >= 0.6 is 0 Å². The molecule has 4 aliphatic carbocycles. The highest BCUT2D eigenvalue weighted by atomic mass is 16.3. The summed E-state index contributed by atoms with van der Waals surface area (Å²) in [5.41, 5.74) is 1.07. The van der Waals surface area contributed by atoms with E-state index in [0.29, 0.717) is 35.5 Å². The Balaban J connectivity index is 1.54. The highest BCUT2D eigenvalue weighted by Crippen LogP contribution is 2.68.